The number of ether oxygens (including phenoxy) is 1. The molecule has 1 aliphatic rings. The van der Waals surface area contributed by atoms with Crippen molar-refractivity contribution in [1.82, 2.24) is 4.90 Å². The van der Waals surface area contributed by atoms with E-state index in [2.05, 4.69) is 24.0 Å². The number of carbonyl (C=O) groups excluding carboxylic acids is 2. The number of hydrogen-bond donors (Lipinski definition) is 0. The Hall–Kier alpha value is -3.06. The van der Waals surface area contributed by atoms with Gasteiger partial charge in [0.2, 0.25) is 5.91 Å². The van der Waals surface area contributed by atoms with Gasteiger partial charge in [0.15, 0.2) is 0 Å². The highest BCUT2D eigenvalue weighted by atomic mass is 16.5. The Morgan fingerprint density at radius 3 is 2.19 bits per heavy atom. The SMILES string of the molecule is C[C@H]1[C@@H](c2ccccc2)OC(=O)C([C@H](C#CCCc2ccccc2)C(C)(C)C)C(=O)N1C. The first kappa shape index (κ1) is 23.6. The topological polar surface area (TPSA) is 46.6 Å². The van der Waals surface area contributed by atoms with Crippen LogP contribution in [0.3, 0.4) is 0 Å². The van der Waals surface area contributed by atoms with Gasteiger partial charge in [-0.15, -0.1) is 5.92 Å². The third kappa shape index (κ3) is 5.40. The lowest BCUT2D eigenvalue weighted by Crippen LogP contribution is -2.45. The zero-order chi connectivity index (χ0) is 23.3. The van der Waals surface area contributed by atoms with Crippen LogP contribution in [-0.4, -0.2) is 29.9 Å². The number of carbonyl (C=O) groups is 2. The summed E-state index contributed by atoms with van der Waals surface area (Å²) in [6.45, 7) is 7.98. The van der Waals surface area contributed by atoms with Crippen LogP contribution in [-0.2, 0) is 20.7 Å². The molecule has 0 saturated carbocycles. The second kappa shape index (κ2) is 10.0. The van der Waals surface area contributed by atoms with Crippen molar-refractivity contribution in [2.45, 2.75) is 52.7 Å². The number of nitrogens with zero attached hydrogens (tertiary/aromatic N) is 1. The Balaban J connectivity index is 1.87. The zero-order valence-corrected chi connectivity index (χ0v) is 19.7. The molecule has 0 spiro atoms. The third-order valence-electron chi connectivity index (χ3n) is 6.19. The maximum Gasteiger partial charge on any atom is 0.320 e. The molecule has 32 heavy (non-hydrogen) atoms. The summed E-state index contributed by atoms with van der Waals surface area (Å²) >= 11 is 0. The molecular weight excluding hydrogens is 398 g/mol. The van der Waals surface area contributed by atoms with E-state index in [9.17, 15) is 9.59 Å². The van der Waals surface area contributed by atoms with Crippen LogP contribution in [0, 0.1) is 29.1 Å². The number of amides is 1. The average molecular weight is 432 g/mol. The molecule has 1 saturated heterocycles. The number of esters is 1. The van der Waals surface area contributed by atoms with Crippen LogP contribution in [0.4, 0.5) is 0 Å². The number of likely N-dealkylation sites (N-methyl/N-ethyl adjacent to an activating group) is 1. The number of cyclic esters (lactones) is 1. The lowest BCUT2D eigenvalue weighted by Gasteiger charge is -2.32. The summed E-state index contributed by atoms with van der Waals surface area (Å²) in [5.74, 6) is 4.42. The molecule has 3 rings (SSSR count). The highest BCUT2D eigenvalue weighted by molar-refractivity contribution is 5.99. The molecule has 1 unspecified atom stereocenters. The van der Waals surface area contributed by atoms with Crippen molar-refractivity contribution in [2.75, 3.05) is 7.05 Å². The monoisotopic (exact) mass is 431 g/mol. The van der Waals surface area contributed by atoms with E-state index in [0.29, 0.717) is 6.42 Å². The molecule has 0 aliphatic carbocycles. The van der Waals surface area contributed by atoms with Crippen molar-refractivity contribution < 1.29 is 14.3 Å². The van der Waals surface area contributed by atoms with Crippen LogP contribution < -0.4 is 0 Å². The van der Waals surface area contributed by atoms with E-state index in [1.54, 1.807) is 11.9 Å². The molecule has 1 fully saturated rings. The van der Waals surface area contributed by atoms with Crippen LogP contribution in [0.1, 0.15) is 51.3 Å². The van der Waals surface area contributed by atoms with Gasteiger partial charge in [-0.3, -0.25) is 9.59 Å². The van der Waals surface area contributed by atoms with Crippen molar-refractivity contribution in [3.05, 3.63) is 71.8 Å². The van der Waals surface area contributed by atoms with E-state index < -0.39 is 23.9 Å². The van der Waals surface area contributed by atoms with Crippen molar-refractivity contribution >= 4 is 11.9 Å². The standard InChI is InChI=1S/C28H33NO3/c1-20-25(22-17-10-7-11-18-22)32-27(31)24(26(30)29(20)5)23(28(2,3)4)19-13-12-16-21-14-8-6-9-15-21/h6-11,14-15,17-18,20,23-25H,12,16H2,1-5H3/t20-,23-,24?,25-/m0/s1. The second-order valence-electron chi connectivity index (χ2n) is 9.59. The van der Waals surface area contributed by atoms with Gasteiger partial charge < -0.3 is 9.64 Å². The summed E-state index contributed by atoms with van der Waals surface area (Å²) in [5.41, 5.74) is 1.74. The number of aryl methyl sites for hydroxylation is 1. The van der Waals surface area contributed by atoms with Crippen LogP contribution in [0.5, 0.6) is 0 Å². The Kier molecular flexibility index (Phi) is 7.40. The van der Waals surface area contributed by atoms with Gasteiger partial charge in [-0.05, 0) is 29.9 Å². The zero-order valence-electron chi connectivity index (χ0n) is 19.7. The van der Waals surface area contributed by atoms with Crippen molar-refractivity contribution in [2.24, 2.45) is 17.3 Å². The van der Waals surface area contributed by atoms with Gasteiger partial charge in [0, 0.05) is 19.4 Å². The molecule has 0 bridgehead atoms. The summed E-state index contributed by atoms with van der Waals surface area (Å²) in [7, 11) is 1.75. The summed E-state index contributed by atoms with van der Waals surface area (Å²) in [4.78, 5) is 28.4. The third-order valence-corrected chi connectivity index (χ3v) is 6.19. The predicted octanol–water partition coefficient (Wildman–Crippen LogP) is 5.05. The molecular formula is C28H33NO3. The fourth-order valence-corrected chi connectivity index (χ4v) is 4.12. The Bertz CT molecular complexity index is 982. The highest BCUT2D eigenvalue weighted by Gasteiger charge is 2.48. The summed E-state index contributed by atoms with van der Waals surface area (Å²) in [5, 5.41) is 0. The molecule has 1 heterocycles. The lowest BCUT2D eigenvalue weighted by molar-refractivity contribution is -0.157. The minimum absolute atomic E-state index is 0.224. The first-order valence-electron chi connectivity index (χ1n) is 11.2. The van der Waals surface area contributed by atoms with Crippen LogP contribution >= 0.6 is 0 Å². The molecule has 0 aromatic heterocycles. The number of benzene rings is 2. The van der Waals surface area contributed by atoms with E-state index in [4.69, 9.17) is 4.74 Å². The van der Waals surface area contributed by atoms with Gasteiger partial charge in [0.05, 0.1) is 6.04 Å². The molecule has 0 N–H and O–H groups in total. The molecule has 168 valence electrons. The summed E-state index contributed by atoms with van der Waals surface area (Å²) in [6.07, 6.45) is 1.00. The number of hydrogen-bond acceptors (Lipinski definition) is 3. The smallest absolute Gasteiger partial charge is 0.320 e. The Labute approximate surface area is 192 Å². The van der Waals surface area contributed by atoms with Crippen LogP contribution in [0.25, 0.3) is 0 Å². The number of rotatable bonds is 4. The van der Waals surface area contributed by atoms with E-state index in [0.717, 1.165) is 12.0 Å². The maximum absolute atomic E-state index is 13.4. The minimum atomic E-state index is -0.944. The quantitative estimate of drug-likeness (QED) is 0.387. The van der Waals surface area contributed by atoms with E-state index in [-0.39, 0.29) is 17.4 Å². The molecule has 4 atom stereocenters. The van der Waals surface area contributed by atoms with Gasteiger partial charge in [-0.25, -0.2) is 0 Å². The fraction of sp³-hybridized carbons (Fsp3) is 0.429. The summed E-state index contributed by atoms with van der Waals surface area (Å²) < 4.78 is 5.95. The lowest BCUT2D eigenvalue weighted by atomic mass is 9.72. The normalized spacial score (nSPS) is 22.4. The molecule has 2 aromatic rings. The largest absolute Gasteiger partial charge is 0.455 e. The molecule has 2 aromatic carbocycles. The van der Waals surface area contributed by atoms with Crippen molar-refractivity contribution in [1.29, 1.82) is 0 Å². The first-order chi connectivity index (χ1) is 15.2. The van der Waals surface area contributed by atoms with Gasteiger partial charge in [0.25, 0.3) is 0 Å². The van der Waals surface area contributed by atoms with Gasteiger partial charge in [0.1, 0.15) is 12.0 Å². The van der Waals surface area contributed by atoms with E-state index in [1.165, 1.54) is 5.56 Å². The predicted molar refractivity (Wildman–Crippen MR) is 126 cm³/mol. The minimum Gasteiger partial charge on any atom is -0.455 e. The molecule has 0 radical (unpaired) electrons. The average Bonchev–Trinajstić information content (AvgIpc) is 2.85. The fourth-order valence-electron chi connectivity index (χ4n) is 4.12. The van der Waals surface area contributed by atoms with Crippen LogP contribution in [0.15, 0.2) is 60.7 Å². The Morgan fingerprint density at radius 2 is 1.59 bits per heavy atom. The molecule has 4 heteroatoms. The van der Waals surface area contributed by atoms with E-state index >= 15 is 0 Å². The second-order valence-corrected chi connectivity index (χ2v) is 9.59. The van der Waals surface area contributed by atoms with Crippen LogP contribution in [0.2, 0.25) is 0 Å². The van der Waals surface area contributed by atoms with Gasteiger partial charge in [-0.2, -0.15) is 0 Å². The Morgan fingerprint density at radius 1 is 1.00 bits per heavy atom. The first-order valence-corrected chi connectivity index (χ1v) is 11.2. The molecule has 1 aliphatic heterocycles. The van der Waals surface area contributed by atoms with Gasteiger partial charge in [-0.1, -0.05) is 87.4 Å². The van der Waals surface area contributed by atoms with Gasteiger partial charge >= 0.3 is 5.97 Å². The molecule has 1 amide bonds. The molecule has 4 nitrogen and oxygen atoms in total. The highest BCUT2D eigenvalue weighted by Crippen LogP contribution is 2.38. The van der Waals surface area contributed by atoms with Crippen molar-refractivity contribution in [3.63, 3.8) is 0 Å². The van der Waals surface area contributed by atoms with Crippen molar-refractivity contribution in [3.8, 4) is 11.8 Å². The van der Waals surface area contributed by atoms with E-state index in [1.807, 2.05) is 76.2 Å². The summed E-state index contributed by atoms with van der Waals surface area (Å²) in [6, 6.07) is 19.5. The maximum atomic E-state index is 13.4.